The number of rotatable bonds is 4. The van der Waals surface area contributed by atoms with Crippen LogP contribution in [0.25, 0.3) is 0 Å². The molecule has 0 aromatic heterocycles. The van der Waals surface area contributed by atoms with Crippen molar-refractivity contribution >= 4 is 14.1 Å². The zero-order chi connectivity index (χ0) is 29.9. The van der Waals surface area contributed by atoms with E-state index in [2.05, 4.69) is 88.4 Å². The molecule has 4 heteroatoms. The van der Waals surface area contributed by atoms with Gasteiger partial charge in [0.1, 0.15) is 0 Å². The molecule has 0 amide bonds. The van der Waals surface area contributed by atoms with E-state index in [1.807, 2.05) is 0 Å². The van der Waals surface area contributed by atoms with Crippen LogP contribution >= 0.6 is 0 Å². The second-order valence-corrected chi connectivity index (χ2v) is 22.9. The number of aliphatic hydroxyl groups excluding tert-OH is 1. The van der Waals surface area contributed by atoms with Gasteiger partial charge in [-0.05, 0) is 115 Å². The maximum absolute atomic E-state index is 13.9. The van der Waals surface area contributed by atoms with Crippen LogP contribution in [0.5, 0.6) is 0 Å². The van der Waals surface area contributed by atoms with Crippen molar-refractivity contribution < 1.29 is 14.3 Å². The molecule has 0 bridgehead atoms. The van der Waals surface area contributed by atoms with Crippen molar-refractivity contribution in [2.45, 2.75) is 139 Å². The van der Waals surface area contributed by atoms with Gasteiger partial charge in [0, 0.05) is 23.9 Å². The van der Waals surface area contributed by atoms with Gasteiger partial charge in [-0.15, -0.1) is 0 Å². The van der Waals surface area contributed by atoms with Crippen LogP contribution in [0.2, 0.25) is 18.1 Å². The fraction of sp³-hybridized carbons (Fsp3) is 0.861. The highest BCUT2D eigenvalue weighted by Crippen LogP contribution is 2.76. The molecule has 0 aromatic rings. The van der Waals surface area contributed by atoms with E-state index in [0.29, 0.717) is 35.7 Å². The van der Waals surface area contributed by atoms with E-state index < -0.39 is 8.32 Å². The van der Waals surface area contributed by atoms with E-state index in [1.54, 1.807) is 0 Å². The van der Waals surface area contributed by atoms with E-state index in [0.717, 1.165) is 19.4 Å². The van der Waals surface area contributed by atoms with E-state index in [-0.39, 0.29) is 38.0 Å². The summed E-state index contributed by atoms with van der Waals surface area (Å²) in [6.45, 7) is 29.3. The lowest BCUT2D eigenvalue weighted by atomic mass is 9.33. The fourth-order valence-corrected chi connectivity index (χ4v) is 12.1. The molecule has 7 atom stereocenters. The number of fused-ring (bicyclic) bond motifs is 7. The largest absolute Gasteiger partial charge is 0.512 e. The first-order valence-corrected chi connectivity index (χ1v) is 19.4. The number of carbonyl (C=O) groups is 1. The number of hydrogen-bond acceptors (Lipinski definition) is 3. The van der Waals surface area contributed by atoms with Gasteiger partial charge in [0.2, 0.25) is 0 Å². The number of carbonyl (C=O) groups excluding carboxylic acids is 1. The minimum atomic E-state index is -1.94. The third-order valence-electron chi connectivity index (χ3n) is 14.6. The first kappa shape index (κ1) is 30.6. The Bertz CT molecular complexity index is 1140. The van der Waals surface area contributed by atoms with Gasteiger partial charge in [-0.1, -0.05) is 74.8 Å². The van der Waals surface area contributed by atoms with Gasteiger partial charge in [-0.2, -0.15) is 0 Å². The number of aliphatic hydroxyl groups is 1. The molecule has 3 fully saturated rings. The molecule has 0 saturated heterocycles. The van der Waals surface area contributed by atoms with Crippen molar-refractivity contribution in [1.82, 2.24) is 0 Å². The topological polar surface area (TPSA) is 46.5 Å². The molecule has 3 nitrogen and oxygen atoms in total. The Kier molecular flexibility index (Phi) is 6.93. The van der Waals surface area contributed by atoms with Gasteiger partial charge in [0.05, 0.1) is 5.76 Å². The summed E-state index contributed by atoms with van der Waals surface area (Å²) in [6.07, 6.45) is 10.9. The third kappa shape index (κ3) is 3.92. The van der Waals surface area contributed by atoms with Crippen LogP contribution in [0, 0.1) is 50.7 Å². The molecule has 0 spiro atoms. The van der Waals surface area contributed by atoms with Gasteiger partial charge < -0.3 is 9.53 Å². The lowest BCUT2D eigenvalue weighted by Crippen LogP contribution is -2.64. The zero-order valence-corrected chi connectivity index (χ0v) is 29.0. The Labute approximate surface area is 247 Å². The minimum absolute atomic E-state index is 0.109. The third-order valence-corrected chi connectivity index (χ3v) is 19.1. The quantitative estimate of drug-likeness (QED) is 0.343. The average molecular weight is 569 g/mol. The number of ketones is 1. The molecule has 0 radical (unpaired) electrons. The van der Waals surface area contributed by atoms with Crippen molar-refractivity contribution in [2.75, 3.05) is 6.61 Å². The van der Waals surface area contributed by atoms with E-state index in [1.165, 1.54) is 43.3 Å². The summed E-state index contributed by atoms with van der Waals surface area (Å²) < 4.78 is 7.00. The Morgan fingerprint density at radius 3 is 2.23 bits per heavy atom. The summed E-state index contributed by atoms with van der Waals surface area (Å²) in [6, 6.07) is 0. The lowest BCUT2D eigenvalue weighted by Gasteiger charge is -2.71. The molecule has 40 heavy (non-hydrogen) atoms. The summed E-state index contributed by atoms with van der Waals surface area (Å²) in [5, 5.41) is 11.1. The summed E-state index contributed by atoms with van der Waals surface area (Å²) in [5.74, 6) is 2.91. The second kappa shape index (κ2) is 9.07. The van der Waals surface area contributed by atoms with E-state index >= 15 is 0 Å². The van der Waals surface area contributed by atoms with Gasteiger partial charge in [-0.3, -0.25) is 4.79 Å². The number of allylic oxidation sites excluding steroid dienone is 3. The summed E-state index contributed by atoms with van der Waals surface area (Å²) in [7, 11) is -1.94. The molecule has 3 saturated carbocycles. The van der Waals surface area contributed by atoms with E-state index in [9.17, 15) is 9.90 Å². The van der Waals surface area contributed by atoms with Crippen molar-refractivity contribution in [3.8, 4) is 0 Å². The molecular weight excluding hydrogens is 508 g/mol. The van der Waals surface area contributed by atoms with Gasteiger partial charge in [0.15, 0.2) is 14.1 Å². The Morgan fingerprint density at radius 2 is 1.62 bits per heavy atom. The Balaban J connectivity index is 1.57. The van der Waals surface area contributed by atoms with E-state index in [4.69, 9.17) is 4.43 Å². The first-order valence-electron chi connectivity index (χ1n) is 16.5. The molecule has 5 aliphatic carbocycles. The van der Waals surface area contributed by atoms with Crippen LogP contribution in [-0.4, -0.2) is 25.8 Å². The predicted molar refractivity (Wildman–Crippen MR) is 169 cm³/mol. The second-order valence-electron chi connectivity index (χ2n) is 18.0. The van der Waals surface area contributed by atoms with Crippen molar-refractivity contribution in [1.29, 1.82) is 0 Å². The number of Topliss-reactive ketones (excluding diaryl/α,β-unsaturated/α-hetero) is 1. The molecule has 5 rings (SSSR count). The molecule has 0 aromatic carbocycles. The van der Waals surface area contributed by atoms with Crippen molar-refractivity contribution in [3.63, 3.8) is 0 Å². The first-order chi connectivity index (χ1) is 18.2. The molecule has 0 heterocycles. The van der Waals surface area contributed by atoms with Gasteiger partial charge in [0.25, 0.3) is 0 Å². The monoisotopic (exact) mass is 568 g/mol. The lowest BCUT2D eigenvalue weighted by molar-refractivity contribution is -0.202. The molecule has 5 aliphatic rings. The molecular formula is C36H60O3Si. The normalized spacial score (nSPS) is 43.2. The average Bonchev–Trinajstić information content (AvgIpc) is 3.13. The maximum Gasteiger partial charge on any atom is 0.192 e. The standard InChI is InChI=1S/C36H60O3Si/c1-23(2)29-25(37)21-36(22-39-40(11,12)31(3,4)5)20-19-34(9)24(30(29)36)13-14-27-33(8)17-16-28(38)32(6,7)26(33)15-18-35(27,34)10/h16,23-24,26-27,38H,13-15,17-22H2,1-12H3/t24-,26+,27-,33+,34-,35-,36+/m1/s1. The fourth-order valence-electron chi connectivity index (χ4n) is 11.0. The highest BCUT2D eigenvalue weighted by atomic mass is 28.4. The molecule has 226 valence electrons. The highest BCUT2D eigenvalue weighted by Gasteiger charge is 2.69. The van der Waals surface area contributed by atoms with Crippen LogP contribution < -0.4 is 0 Å². The van der Waals surface area contributed by atoms with Crippen LogP contribution in [0.3, 0.4) is 0 Å². The van der Waals surface area contributed by atoms with Crippen LogP contribution in [0.4, 0.5) is 0 Å². The Morgan fingerprint density at radius 1 is 0.975 bits per heavy atom. The smallest absolute Gasteiger partial charge is 0.192 e. The predicted octanol–water partition coefficient (Wildman–Crippen LogP) is 10.0. The van der Waals surface area contributed by atoms with Crippen molar-refractivity contribution in [2.24, 2.45) is 50.7 Å². The van der Waals surface area contributed by atoms with Crippen LogP contribution in [0.15, 0.2) is 23.0 Å². The maximum atomic E-state index is 13.9. The van der Waals surface area contributed by atoms with Gasteiger partial charge in [-0.25, -0.2) is 0 Å². The SMILES string of the molecule is CC(C)C1=C2[C@H]3CC[C@@H]4[C@@]5(C)CC=C(O)C(C)(C)[C@@H]5CC[C@@]4(C)[C@]3(C)CC[C@@]2(CO[Si](C)(C)C(C)(C)C)CC1=O. The minimum Gasteiger partial charge on any atom is -0.512 e. The summed E-state index contributed by atoms with van der Waals surface area (Å²) in [4.78, 5) is 13.9. The van der Waals surface area contributed by atoms with Crippen molar-refractivity contribution in [3.05, 3.63) is 23.0 Å². The highest BCUT2D eigenvalue weighted by molar-refractivity contribution is 6.74. The zero-order valence-electron chi connectivity index (χ0n) is 28.0. The summed E-state index contributed by atoms with van der Waals surface area (Å²) in [5.41, 5.74) is 3.06. The van der Waals surface area contributed by atoms with Crippen LogP contribution in [-0.2, 0) is 9.22 Å². The van der Waals surface area contributed by atoms with Crippen LogP contribution in [0.1, 0.15) is 121 Å². The summed E-state index contributed by atoms with van der Waals surface area (Å²) >= 11 is 0. The molecule has 1 N–H and O–H groups in total. The molecule has 0 unspecified atom stereocenters. The number of hydrogen-bond donors (Lipinski definition) is 1. The Hall–Kier alpha value is -0.873. The van der Waals surface area contributed by atoms with Gasteiger partial charge >= 0.3 is 0 Å². The molecule has 0 aliphatic heterocycles.